The molecule has 0 aromatic heterocycles. The van der Waals surface area contributed by atoms with Crippen LogP contribution in [0.4, 0.5) is 5.69 Å². The number of Topliss-reactive ketones (excluding diaryl/α,β-unsaturated/α-hetero) is 1. The maximum atomic E-state index is 13.4. The molecule has 0 amide bonds. The van der Waals surface area contributed by atoms with Gasteiger partial charge in [-0.1, -0.05) is 50.3 Å². The van der Waals surface area contributed by atoms with Crippen molar-refractivity contribution in [3.8, 4) is 0 Å². The summed E-state index contributed by atoms with van der Waals surface area (Å²) >= 11 is 0. The van der Waals surface area contributed by atoms with Crippen molar-refractivity contribution in [1.29, 1.82) is 0 Å². The number of ketones is 2. The Morgan fingerprint density at radius 1 is 0.977 bits per heavy atom. The average molecular weight is 590 g/mol. The zero-order valence-electron chi connectivity index (χ0n) is 26.8. The minimum atomic E-state index is -1.09. The van der Waals surface area contributed by atoms with E-state index < -0.39 is 11.0 Å². The molecule has 1 N–H and O–H groups in total. The highest BCUT2D eigenvalue weighted by molar-refractivity contribution is 5.93. The molecule has 4 aliphatic carbocycles. The minimum absolute atomic E-state index is 0.0346. The van der Waals surface area contributed by atoms with Crippen LogP contribution in [-0.2, 0) is 19.1 Å². The quantitative estimate of drug-likeness (QED) is 0.204. The molecular formula is C37H51NO5. The molecule has 5 atom stereocenters. The van der Waals surface area contributed by atoms with E-state index in [9.17, 15) is 14.4 Å². The average Bonchev–Trinajstić information content (AvgIpc) is 3.28. The van der Waals surface area contributed by atoms with Gasteiger partial charge >= 0.3 is 5.97 Å². The van der Waals surface area contributed by atoms with Crippen LogP contribution in [0.2, 0.25) is 0 Å². The number of allylic oxidation sites excluding steroid dienone is 4. The van der Waals surface area contributed by atoms with E-state index in [1.54, 1.807) is 6.92 Å². The van der Waals surface area contributed by atoms with Crippen molar-refractivity contribution in [1.82, 2.24) is 0 Å². The van der Waals surface area contributed by atoms with Crippen LogP contribution in [0, 0.1) is 17.3 Å². The molecule has 0 heterocycles. The Balaban J connectivity index is 1.44. The van der Waals surface area contributed by atoms with E-state index in [0.717, 1.165) is 57.9 Å². The molecule has 2 saturated carbocycles. The van der Waals surface area contributed by atoms with Crippen LogP contribution in [0.1, 0.15) is 116 Å². The van der Waals surface area contributed by atoms with E-state index in [-0.39, 0.29) is 29.4 Å². The number of unbranched alkanes of at least 4 members (excludes halogenated alkanes) is 5. The van der Waals surface area contributed by atoms with Gasteiger partial charge < -0.3 is 14.7 Å². The number of benzene rings is 1. The third-order valence-corrected chi connectivity index (χ3v) is 11.4. The van der Waals surface area contributed by atoms with Gasteiger partial charge in [-0.25, -0.2) is 0 Å². The Labute approximate surface area is 257 Å². The molecular weight excluding hydrogens is 538 g/mol. The van der Waals surface area contributed by atoms with Gasteiger partial charge in [-0.3, -0.25) is 14.4 Å². The molecule has 43 heavy (non-hydrogen) atoms. The first kappa shape index (κ1) is 31.7. The maximum absolute atomic E-state index is 13.4. The number of aliphatic hydroxyl groups excluding tert-OH is 1. The molecule has 4 aliphatic rings. The molecule has 1 aromatic rings. The fourth-order valence-corrected chi connectivity index (χ4v) is 9.27. The molecule has 2 fully saturated rings. The number of nitrogens with zero attached hydrogens (tertiary/aromatic N) is 1. The monoisotopic (exact) mass is 589 g/mol. The number of anilines is 1. The van der Waals surface area contributed by atoms with Gasteiger partial charge in [0.2, 0.25) is 0 Å². The molecule has 0 radical (unpaired) electrons. The topological polar surface area (TPSA) is 83.9 Å². The smallest absolute Gasteiger partial charge is 0.303 e. The number of fused-ring (bicyclic) bond motifs is 4. The molecule has 5 rings (SSSR count). The predicted octanol–water partition coefficient (Wildman–Crippen LogP) is 7.25. The maximum Gasteiger partial charge on any atom is 0.303 e. The standard InChI is InChI=1S/C37H51NO5/c1-25(40)37(43-26(2)41)20-19-34-32-17-13-28-23-30(42)16-18-31(28)35(32)33(24-36(34,37)3)27-11-14-29(15-12-27)38(4)21-9-7-5-6-8-10-22-39/h11-12,14-15,23,32-34,39H,5-10,13,16-22,24H2,1-4H3/t32-,33+,34-,36-,37-/m0/s1. The first-order chi connectivity index (χ1) is 20.6. The van der Waals surface area contributed by atoms with Crippen molar-refractivity contribution in [3.63, 3.8) is 0 Å². The number of esters is 1. The lowest BCUT2D eigenvalue weighted by atomic mass is 9.50. The lowest BCUT2D eigenvalue weighted by Gasteiger charge is -2.55. The van der Waals surface area contributed by atoms with Crippen molar-refractivity contribution in [2.24, 2.45) is 17.3 Å². The first-order valence-electron chi connectivity index (χ1n) is 16.7. The summed E-state index contributed by atoms with van der Waals surface area (Å²) in [5, 5.41) is 8.96. The van der Waals surface area contributed by atoms with E-state index in [1.807, 2.05) is 6.08 Å². The molecule has 0 unspecified atom stereocenters. The summed E-state index contributed by atoms with van der Waals surface area (Å²) in [5.41, 5.74) is 4.99. The first-order valence-corrected chi connectivity index (χ1v) is 16.7. The summed E-state index contributed by atoms with van der Waals surface area (Å²) in [6, 6.07) is 8.99. The van der Waals surface area contributed by atoms with Gasteiger partial charge in [0, 0.05) is 50.6 Å². The van der Waals surface area contributed by atoms with Gasteiger partial charge in [0.15, 0.2) is 17.2 Å². The molecule has 0 aliphatic heterocycles. The van der Waals surface area contributed by atoms with E-state index in [0.29, 0.717) is 25.4 Å². The van der Waals surface area contributed by atoms with Crippen molar-refractivity contribution in [2.45, 2.75) is 116 Å². The Hall–Kier alpha value is -2.73. The van der Waals surface area contributed by atoms with Crippen LogP contribution >= 0.6 is 0 Å². The van der Waals surface area contributed by atoms with Crippen LogP contribution in [0.25, 0.3) is 0 Å². The van der Waals surface area contributed by atoms with Crippen LogP contribution in [-0.4, -0.2) is 48.4 Å². The fourth-order valence-electron chi connectivity index (χ4n) is 9.27. The number of rotatable bonds is 12. The molecule has 6 nitrogen and oxygen atoms in total. The van der Waals surface area contributed by atoms with Gasteiger partial charge in [0.05, 0.1) is 0 Å². The largest absolute Gasteiger partial charge is 0.451 e. The molecule has 0 spiro atoms. The third-order valence-electron chi connectivity index (χ3n) is 11.4. The fraction of sp³-hybridized carbons (Fsp3) is 0.649. The zero-order chi connectivity index (χ0) is 30.8. The highest BCUT2D eigenvalue weighted by atomic mass is 16.6. The Bertz CT molecular complexity index is 1280. The predicted molar refractivity (Wildman–Crippen MR) is 170 cm³/mol. The minimum Gasteiger partial charge on any atom is -0.451 e. The number of ether oxygens (including phenoxy) is 1. The van der Waals surface area contributed by atoms with Gasteiger partial charge in [-0.05, 0) is 105 Å². The summed E-state index contributed by atoms with van der Waals surface area (Å²) < 4.78 is 6.06. The van der Waals surface area contributed by atoms with Crippen LogP contribution < -0.4 is 4.90 Å². The summed E-state index contributed by atoms with van der Waals surface area (Å²) in [6.45, 7) is 6.54. The van der Waals surface area contributed by atoms with Gasteiger partial charge in [-0.2, -0.15) is 0 Å². The Kier molecular flexibility index (Phi) is 9.65. The third kappa shape index (κ3) is 6.01. The second kappa shape index (κ2) is 13.1. The lowest BCUT2D eigenvalue weighted by Crippen LogP contribution is -2.57. The van der Waals surface area contributed by atoms with Crippen LogP contribution in [0.3, 0.4) is 0 Å². The van der Waals surface area contributed by atoms with Gasteiger partial charge in [-0.15, -0.1) is 0 Å². The normalized spacial score (nSPS) is 29.8. The Morgan fingerprint density at radius 3 is 2.35 bits per heavy atom. The van der Waals surface area contributed by atoms with Crippen LogP contribution in [0.15, 0.2) is 47.1 Å². The van der Waals surface area contributed by atoms with Gasteiger partial charge in [0.1, 0.15) is 0 Å². The molecule has 0 bridgehead atoms. The molecule has 234 valence electrons. The number of carbonyl (C=O) groups excluding carboxylic acids is 3. The van der Waals surface area contributed by atoms with Crippen molar-refractivity contribution >= 4 is 23.2 Å². The van der Waals surface area contributed by atoms with E-state index in [1.165, 1.54) is 54.2 Å². The number of aliphatic hydroxyl groups is 1. The highest BCUT2D eigenvalue weighted by Crippen LogP contribution is 2.67. The second-order valence-corrected chi connectivity index (χ2v) is 13.9. The van der Waals surface area contributed by atoms with E-state index in [2.05, 4.69) is 43.1 Å². The summed E-state index contributed by atoms with van der Waals surface area (Å²) in [7, 11) is 2.16. The molecule has 0 saturated heterocycles. The van der Waals surface area contributed by atoms with Crippen molar-refractivity contribution in [3.05, 3.63) is 52.6 Å². The van der Waals surface area contributed by atoms with Crippen molar-refractivity contribution < 1.29 is 24.2 Å². The summed E-state index contributed by atoms with van der Waals surface area (Å²) in [4.78, 5) is 40.5. The number of hydrogen-bond acceptors (Lipinski definition) is 6. The number of hydrogen-bond donors (Lipinski definition) is 1. The summed E-state index contributed by atoms with van der Waals surface area (Å²) in [5.74, 6) is 0.522. The van der Waals surface area contributed by atoms with Crippen LogP contribution in [0.5, 0.6) is 0 Å². The molecule has 6 heteroatoms. The van der Waals surface area contributed by atoms with Crippen molar-refractivity contribution in [2.75, 3.05) is 25.1 Å². The lowest BCUT2D eigenvalue weighted by molar-refractivity contribution is -0.182. The van der Waals surface area contributed by atoms with E-state index >= 15 is 0 Å². The second-order valence-electron chi connectivity index (χ2n) is 13.9. The zero-order valence-corrected chi connectivity index (χ0v) is 26.8. The summed E-state index contributed by atoms with van der Waals surface area (Å²) in [6.07, 6.45) is 14.1. The highest BCUT2D eigenvalue weighted by Gasteiger charge is 2.67. The number of carbonyl (C=O) groups is 3. The SMILES string of the molecule is CC(=O)O[C@]1(C(C)=O)CC[C@H]2[C@@H]3CCC4=CC(=O)CCC4=C3[C@@H](c3ccc(N(C)CCCCCCCCO)cc3)C[C@@]21C. The molecule has 1 aromatic carbocycles. The van der Waals surface area contributed by atoms with E-state index in [4.69, 9.17) is 9.84 Å². The van der Waals surface area contributed by atoms with Gasteiger partial charge in [0.25, 0.3) is 0 Å². The Morgan fingerprint density at radius 2 is 1.67 bits per heavy atom.